The monoisotopic (exact) mass is 283 g/mol. The first-order valence-electron chi connectivity index (χ1n) is 7.05. The van der Waals surface area contributed by atoms with Crippen molar-refractivity contribution < 1.29 is 9.13 Å². The minimum atomic E-state index is -0.412. The number of halogens is 1. The van der Waals surface area contributed by atoms with Crippen LogP contribution in [0.1, 0.15) is 42.9 Å². The summed E-state index contributed by atoms with van der Waals surface area (Å²) in [5, 5.41) is 8.70. The van der Waals surface area contributed by atoms with E-state index in [1.54, 1.807) is 12.1 Å². The summed E-state index contributed by atoms with van der Waals surface area (Å²) in [5.41, 5.74) is 2.03. The first-order chi connectivity index (χ1) is 10.1. The van der Waals surface area contributed by atoms with Crippen molar-refractivity contribution in [1.82, 2.24) is 0 Å². The minimum Gasteiger partial charge on any atom is -0.489 e. The van der Waals surface area contributed by atoms with Gasteiger partial charge >= 0.3 is 0 Å². The molecule has 1 unspecified atom stereocenters. The lowest BCUT2D eigenvalue weighted by Gasteiger charge is -2.11. The van der Waals surface area contributed by atoms with E-state index in [-0.39, 0.29) is 6.61 Å². The molecule has 2 nitrogen and oxygen atoms in total. The van der Waals surface area contributed by atoms with Gasteiger partial charge in [-0.05, 0) is 42.2 Å². The van der Waals surface area contributed by atoms with E-state index in [0.29, 0.717) is 22.8 Å². The normalized spacial score (nSPS) is 11.7. The molecule has 108 valence electrons. The Hall–Kier alpha value is -2.34. The van der Waals surface area contributed by atoms with Crippen molar-refractivity contribution in [2.24, 2.45) is 0 Å². The molecule has 21 heavy (non-hydrogen) atoms. The van der Waals surface area contributed by atoms with Crippen molar-refractivity contribution in [3.8, 4) is 11.8 Å². The molecule has 0 spiro atoms. The number of benzene rings is 2. The maximum atomic E-state index is 13.7. The quantitative estimate of drug-likeness (QED) is 0.790. The molecule has 1 atom stereocenters. The maximum Gasteiger partial charge on any atom is 0.131 e. The molecule has 0 N–H and O–H groups in total. The highest BCUT2D eigenvalue weighted by Gasteiger charge is 2.06. The first kappa shape index (κ1) is 15.1. The van der Waals surface area contributed by atoms with Crippen molar-refractivity contribution in [3.63, 3.8) is 0 Å². The standard InChI is InChI=1S/C18H18FNO/c1-3-13(2)15-6-8-17(9-7-15)21-12-16-5-4-14(11-20)10-18(16)19/h4-10,13H,3,12H2,1-2H3. The molecular formula is C18H18FNO. The van der Waals surface area contributed by atoms with Crippen molar-refractivity contribution >= 4 is 0 Å². The fourth-order valence-corrected chi connectivity index (χ4v) is 2.02. The van der Waals surface area contributed by atoms with E-state index >= 15 is 0 Å². The van der Waals surface area contributed by atoms with E-state index in [1.165, 1.54) is 11.6 Å². The highest BCUT2D eigenvalue weighted by atomic mass is 19.1. The van der Waals surface area contributed by atoms with Gasteiger partial charge in [-0.1, -0.05) is 32.0 Å². The van der Waals surface area contributed by atoms with Gasteiger partial charge in [0.05, 0.1) is 11.6 Å². The number of rotatable bonds is 5. The van der Waals surface area contributed by atoms with Gasteiger partial charge in [0, 0.05) is 5.56 Å². The Bertz CT molecular complexity index is 643. The zero-order valence-electron chi connectivity index (χ0n) is 12.3. The van der Waals surface area contributed by atoms with Gasteiger partial charge in [-0.3, -0.25) is 0 Å². The SMILES string of the molecule is CCC(C)c1ccc(OCc2ccc(C#N)cc2F)cc1. The van der Waals surface area contributed by atoms with Gasteiger partial charge in [-0.25, -0.2) is 4.39 Å². The number of nitrogens with zero attached hydrogens (tertiary/aromatic N) is 1. The molecule has 0 aliphatic heterocycles. The average Bonchev–Trinajstić information content (AvgIpc) is 2.53. The van der Waals surface area contributed by atoms with E-state index < -0.39 is 5.82 Å². The Balaban J connectivity index is 2.02. The average molecular weight is 283 g/mol. The lowest BCUT2D eigenvalue weighted by atomic mass is 9.99. The summed E-state index contributed by atoms with van der Waals surface area (Å²) >= 11 is 0. The predicted molar refractivity (Wildman–Crippen MR) is 80.6 cm³/mol. The smallest absolute Gasteiger partial charge is 0.131 e. The van der Waals surface area contributed by atoms with Gasteiger partial charge in [-0.2, -0.15) is 5.26 Å². The van der Waals surface area contributed by atoms with Gasteiger partial charge < -0.3 is 4.74 Å². The fraction of sp³-hybridized carbons (Fsp3) is 0.278. The highest BCUT2D eigenvalue weighted by Crippen LogP contribution is 2.22. The number of hydrogen-bond acceptors (Lipinski definition) is 2. The Morgan fingerprint density at radius 2 is 1.90 bits per heavy atom. The van der Waals surface area contributed by atoms with Gasteiger partial charge in [0.15, 0.2) is 0 Å². The molecule has 0 saturated carbocycles. The van der Waals surface area contributed by atoms with Crippen molar-refractivity contribution in [2.45, 2.75) is 32.8 Å². The van der Waals surface area contributed by atoms with E-state index in [4.69, 9.17) is 10.00 Å². The third-order valence-corrected chi connectivity index (χ3v) is 3.64. The summed E-state index contributed by atoms with van der Waals surface area (Å²) in [6.07, 6.45) is 1.09. The summed E-state index contributed by atoms with van der Waals surface area (Å²) in [5.74, 6) is 0.825. The molecule has 3 heteroatoms. The van der Waals surface area contributed by atoms with Gasteiger partial charge in [-0.15, -0.1) is 0 Å². The summed E-state index contributed by atoms with van der Waals surface area (Å²) < 4.78 is 19.3. The fourth-order valence-electron chi connectivity index (χ4n) is 2.02. The molecular weight excluding hydrogens is 265 g/mol. The van der Waals surface area contributed by atoms with E-state index in [2.05, 4.69) is 13.8 Å². The molecule has 0 aliphatic carbocycles. The lowest BCUT2D eigenvalue weighted by molar-refractivity contribution is 0.299. The molecule has 2 aromatic rings. The van der Waals surface area contributed by atoms with E-state index in [9.17, 15) is 4.39 Å². The summed E-state index contributed by atoms with van der Waals surface area (Å²) in [6.45, 7) is 4.49. The molecule has 0 bridgehead atoms. The van der Waals surface area contributed by atoms with Crippen LogP contribution in [0.3, 0.4) is 0 Å². The minimum absolute atomic E-state index is 0.153. The van der Waals surface area contributed by atoms with Crippen LogP contribution in [0.2, 0.25) is 0 Å². The van der Waals surface area contributed by atoms with Crippen molar-refractivity contribution in [1.29, 1.82) is 5.26 Å². The molecule has 0 aliphatic rings. The molecule has 2 rings (SSSR count). The summed E-state index contributed by atoms with van der Waals surface area (Å²) in [6, 6.07) is 14.2. The van der Waals surface area contributed by atoms with Crippen molar-refractivity contribution in [2.75, 3.05) is 0 Å². The molecule has 0 aromatic heterocycles. The lowest BCUT2D eigenvalue weighted by Crippen LogP contribution is -1.99. The summed E-state index contributed by atoms with van der Waals surface area (Å²) in [7, 11) is 0. The predicted octanol–water partition coefficient (Wildman–Crippen LogP) is 4.79. The third-order valence-electron chi connectivity index (χ3n) is 3.64. The number of hydrogen-bond donors (Lipinski definition) is 0. The Morgan fingerprint density at radius 3 is 2.48 bits per heavy atom. The van der Waals surface area contributed by atoms with Crippen LogP contribution in [0.4, 0.5) is 4.39 Å². The van der Waals surface area contributed by atoms with Crippen LogP contribution < -0.4 is 4.74 Å². The second kappa shape index (κ2) is 6.90. The van der Waals surface area contributed by atoms with Gasteiger partial charge in [0.1, 0.15) is 18.2 Å². The Kier molecular flexibility index (Phi) is 4.94. The molecule has 0 saturated heterocycles. The van der Waals surface area contributed by atoms with Crippen LogP contribution in [-0.4, -0.2) is 0 Å². The Morgan fingerprint density at radius 1 is 1.19 bits per heavy atom. The van der Waals surface area contributed by atoms with Crippen LogP contribution in [0.25, 0.3) is 0 Å². The van der Waals surface area contributed by atoms with Crippen molar-refractivity contribution in [3.05, 3.63) is 65.0 Å². The first-order valence-corrected chi connectivity index (χ1v) is 7.05. The second-order valence-corrected chi connectivity index (χ2v) is 5.08. The number of ether oxygens (including phenoxy) is 1. The number of nitriles is 1. The topological polar surface area (TPSA) is 33.0 Å². The molecule has 0 radical (unpaired) electrons. The van der Waals surface area contributed by atoms with Gasteiger partial charge in [0.25, 0.3) is 0 Å². The van der Waals surface area contributed by atoms with Gasteiger partial charge in [0.2, 0.25) is 0 Å². The molecule has 0 heterocycles. The van der Waals surface area contributed by atoms with E-state index in [0.717, 1.165) is 6.42 Å². The molecule has 0 fully saturated rings. The molecule has 0 amide bonds. The van der Waals surface area contributed by atoms with E-state index in [1.807, 2.05) is 30.3 Å². The van der Waals surface area contributed by atoms with Crippen LogP contribution in [0.5, 0.6) is 5.75 Å². The maximum absolute atomic E-state index is 13.7. The van der Waals surface area contributed by atoms with Crippen LogP contribution in [0, 0.1) is 17.1 Å². The van der Waals surface area contributed by atoms with Crippen LogP contribution in [0.15, 0.2) is 42.5 Å². The van der Waals surface area contributed by atoms with Crippen LogP contribution in [-0.2, 0) is 6.61 Å². The Labute approximate surface area is 124 Å². The molecule has 2 aromatic carbocycles. The zero-order valence-corrected chi connectivity index (χ0v) is 12.3. The largest absolute Gasteiger partial charge is 0.489 e. The van der Waals surface area contributed by atoms with Crippen LogP contribution >= 0.6 is 0 Å². The second-order valence-electron chi connectivity index (χ2n) is 5.08. The third kappa shape index (κ3) is 3.82. The zero-order chi connectivity index (χ0) is 15.2. The highest BCUT2D eigenvalue weighted by molar-refractivity contribution is 5.33. The summed E-state index contributed by atoms with van der Waals surface area (Å²) in [4.78, 5) is 0.